The number of nitrogens with zero attached hydrogens (tertiary/aromatic N) is 4. The van der Waals surface area contributed by atoms with Crippen LogP contribution >= 0.6 is 11.3 Å². The topological polar surface area (TPSA) is 78.8 Å². The van der Waals surface area contributed by atoms with Crippen LogP contribution in [0.1, 0.15) is 18.4 Å². The van der Waals surface area contributed by atoms with E-state index in [1.807, 2.05) is 0 Å². The molecule has 100 valence electrons. The van der Waals surface area contributed by atoms with Crippen molar-refractivity contribution in [2.75, 3.05) is 23.7 Å². The van der Waals surface area contributed by atoms with Crippen molar-refractivity contribution in [3.63, 3.8) is 0 Å². The molecule has 0 aromatic carbocycles. The van der Waals surface area contributed by atoms with Gasteiger partial charge in [0.1, 0.15) is 16.2 Å². The Kier molecular flexibility index (Phi) is 7.61. The molecule has 1 aliphatic rings. The minimum Gasteiger partial charge on any atom is -0.696 e. The van der Waals surface area contributed by atoms with E-state index in [0.717, 1.165) is 29.3 Å². The zero-order valence-corrected chi connectivity index (χ0v) is 16.3. The number of aromatic nitrogens is 2. The van der Waals surface area contributed by atoms with E-state index >= 15 is 0 Å². The van der Waals surface area contributed by atoms with E-state index in [2.05, 4.69) is 40.5 Å². The zero-order valence-electron chi connectivity index (χ0n) is 11.6. The third kappa shape index (κ3) is 4.24. The van der Waals surface area contributed by atoms with E-state index in [-0.39, 0.29) is 51.4 Å². The van der Waals surface area contributed by atoms with Crippen LogP contribution < -0.4 is 62.0 Å². The van der Waals surface area contributed by atoms with Crippen LogP contribution in [0.25, 0.3) is 10.3 Å². The summed E-state index contributed by atoms with van der Waals surface area (Å²) in [5, 5.41) is 9.07. The van der Waals surface area contributed by atoms with Gasteiger partial charge < -0.3 is 23.3 Å². The summed E-state index contributed by atoms with van der Waals surface area (Å²) in [6.07, 6.45) is 2.53. The summed E-state index contributed by atoms with van der Waals surface area (Å²) in [4.78, 5) is 12.2. The van der Waals surface area contributed by atoms with E-state index in [1.54, 1.807) is 0 Å². The number of nitrogens with two attached hydrogens (primary N) is 1. The third-order valence-corrected chi connectivity index (χ3v) is 3.77. The third-order valence-electron chi connectivity index (χ3n) is 2.99. The first-order valence-corrected chi connectivity index (χ1v) is 7.18. The molecule has 1 fully saturated rings. The minimum atomic E-state index is 0. The van der Waals surface area contributed by atoms with Gasteiger partial charge in [0.25, 0.3) is 0 Å². The number of nitriles is 1. The Morgan fingerprint density at radius 2 is 2.00 bits per heavy atom. The molecular formula is C12H14KN5S2. The van der Waals surface area contributed by atoms with Crippen molar-refractivity contribution in [2.24, 2.45) is 0 Å². The number of pyridine rings is 1. The predicted octanol–water partition coefficient (Wildman–Crippen LogP) is -0.799. The van der Waals surface area contributed by atoms with Crippen LogP contribution in [-0.4, -0.2) is 23.1 Å². The molecule has 2 aromatic heterocycles. The normalized spacial score (nSPS) is 13.3. The molecule has 3 rings (SSSR count). The van der Waals surface area contributed by atoms with Crippen molar-refractivity contribution in [1.29, 1.82) is 5.26 Å². The smallest absolute Gasteiger partial charge is 0.696 e. The standard InChI is InChI=1S/C11H14N4S.CHNS.K/c1-7-6-8(15-4-2-3-5-15)13-10-9(7)14-11(12)16-10;2-1-3;/h6H,2-5H2,1H3,(H2,12,14);3H;/q;;+1/p-1. The number of thiazole rings is 1. The van der Waals surface area contributed by atoms with Gasteiger partial charge in [-0.15, -0.1) is 0 Å². The summed E-state index contributed by atoms with van der Waals surface area (Å²) in [6, 6.07) is 2.12. The van der Waals surface area contributed by atoms with Gasteiger partial charge in [0, 0.05) is 13.1 Å². The number of hydrogen-bond acceptors (Lipinski definition) is 7. The van der Waals surface area contributed by atoms with Crippen molar-refractivity contribution >= 4 is 45.3 Å². The van der Waals surface area contributed by atoms with E-state index < -0.39 is 0 Å². The first-order valence-electron chi connectivity index (χ1n) is 5.95. The van der Waals surface area contributed by atoms with Crippen molar-refractivity contribution < 1.29 is 51.4 Å². The van der Waals surface area contributed by atoms with Crippen LogP contribution in [0.2, 0.25) is 0 Å². The Morgan fingerprint density at radius 1 is 1.40 bits per heavy atom. The van der Waals surface area contributed by atoms with Crippen molar-refractivity contribution in [3.05, 3.63) is 11.6 Å². The molecule has 3 heterocycles. The second-order valence-corrected chi connectivity index (χ2v) is 5.48. The van der Waals surface area contributed by atoms with Crippen molar-refractivity contribution in [1.82, 2.24) is 9.97 Å². The summed E-state index contributed by atoms with van der Waals surface area (Å²) in [5.41, 5.74) is 7.83. The molecule has 1 saturated heterocycles. The number of anilines is 2. The van der Waals surface area contributed by atoms with Crippen LogP contribution in [-0.2, 0) is 12.6 Å². The predicted molar refractivity (Wildman–Crippen MR) is 81.0 cm³/mol. The maximum atomic E-state index is 7.13. The average molecular weight is 332 g/mol. The summed E-state index contributed by atoms with van der Waals surface area (Å²) in [7, 11) is 0. The Labute approximate surface area is 170 Å². The van der Waals surface area contributed by atoms with Gasteiger partial charge in [-0.25, -0.2) is 15.2 Å². The van der Waals surface area contributed by atoms with Crippen molar-refractivity contribution in [3.8, 4) is 5.40 Å². The molecule has 0 aliphatic carbocycles. The van der Waals surface area contributed by atoms with Gasteiger partial charge in [0.2, 0.25) is 0 Å². The van der Waals surface area contributed by atoms with E-state index in [1.165, 1.54) is 35.1 Å². The molecule has 0 spiro atoms. The first-order chi connectivity index (χ1) is 9.15. The summed E-state index contributed by atoms with van der Waals surface area (Å²) in [5.74, 6) is 1.08. The van der Waals surface area contributed by atoms with Crippen LogP contribution in [0.4, 0.5) is 10.9 Å². The molecule has 2 N–H and O–H groups in total. The van der Waals surface area contributed by atoms with Crippen LogP contribution in [0.5, 0.6) is 0 Å². The fraction of sp³-hybridized carbons (Fsp3) is 0.417. The first kappa shape index (κ1) is 18.0. The molecule has 20 heavy (non-hydrogen) atoms. The van der Waals surface area contributed by atoms with Gasteiger partial charge in [-0.05, 0) is 31.4 Å². The SMILES string of the molecule is Cc1cc(N2CCCC2)nc2sc(N)nc12.N#C[S-].[K+]. The molecule has 8 heteroatoms. The zero-order chi connectivity index (χ0) is 13.8. The summed E-state index contributed by atoms with van der Waals surface area (Å²) in [6.45, 7) is 4.31. The largest absolute Gasteiger partial charge is 1.00 e. The number of rotatable bonds is 1. The molecule has 0 atom stereocenters. The van der Waals surface area contributed by atoms with Gasteiger partial charge in [-0.1, -0.05) is 16.7 Å². The molecular weight excluding hydrogens is 317 g/mol. The van der Waals surface area contributed by atoms with Gasteiger partial charge >= 0.3 is 51.4 Å². The van der Waals surface area contributed by atoms with Crippen LogP contribution in [0, 0.1) is 17.6 Å². The average Bonchev–Trinajstić information content (AvgIpc) is 2.97. The van der Waals surface area contributed by atoms with E-state index in [4.69, 9.17) is 11.0 Å². The molecule has 0 radical (unpaired) electrons. The van der Waals surface area contributed by atoms with Crippen LogP contribution in [0.15, 0.2) is 6.07 Å². The maximum absolute atomic E-state index is 7.13. The molecule has 0 amide bonds. The minimum absolute atomic E-state index is 0. The number of aryl methyl sites for hydroxylation is 1. The molecule has 0 saturated carbocycles. The number of hydrogen-bond donors (Lipinski definition) is 1. The number of thiocyanates is 1. The summed E-state index contributed by atoms with van der Waals surface area (Å²) < 4.78 is 0. The maximum Gasteiger partial charge on any atom is 1.00 e. The fourth-order valence-electron chi connectivity index (χ4n) is 2.17. The molecule has 2 aromatic rings. The molecule has 5 nitrogen and oxygen atoms in total. The summed E-state index contributed by atoms with van der Waals surface area (Å²) >= 11 is 5.17. The Bertz CT molecular complexity index is 616. The van der Waals surface area contributed by atoms with Gasteiger partial charge in [-0.3, -0.25) is 0 Å². The van der Waals surface area contributed by atoms with Crippen LogP contribution in [0.3, 0.4) is 0 Å². The number of fused-ring (bicyclic) bond motifs is 1. The van der Waals surface area contributed by atoms with Crippen molar-refractivity contribution in [2.45, 2.75) is 19.8 Å². The number of nitrogen functional groups attached to an aromatic ring is 1. The monoisotopic (exact) mass is 331 g/mol. The van der Waals surface area contributed by atoms with Gasteiger partial charge in [-0.2, -0.15) is 0 Å². The Balaban J connectivity index is 0.000000462. The quantitative estimate of drug-likeness (QED) is 0.419. The molecule has 0 bridgehead atoms. The fourth-order valence-corrected chi connectivity index (χ4v) is 2.94. The van der Waals surface area contributed by atoms with Gasteiger partial charge in [0.15, 0.2) is 5.13 Å². The second kappa shape index (κ2) is 8.43. The molecule has 0 unspecified atom stereocenters. The molecule has 1 aliphatic heterocycles. The van der Waals surface area contributed by atoms with Gasteiger partial charge in [0.05, 0.1) is 0 Å². The Hall–Kier alpha value is -0.0136. The van der Waals surface area contributed by atoms with E-state index in [9.17, 15) is 0 Å². The Morgan fingerprint density at radius 3 is 2.60 bits per heavy atom. The van der Waals surface area contributed by atoms with E-state index in [0.29, 0.717) is 5.13 Å². The second-order valence-electron chi connectivity index (χ2n) is 4.29.